The average molecular weight is 701 g/mol. The van der Waals surface area contributed by atoms with E-state index in [1.807, 2.05) is 75.4 Å². The van der Waals surface area contributed by atoms with Crippen LogP contribution in [0.5, 0.6) is 0 Å². The fourth-order valence-corrected chi connectivity index (χ4v) is 5.84. The average Bonchev–Trinajstić information content (AvgIpc) is 3.57. The molecule has 0 radical (unpaired) electrons. The van der Waals surface area contributed by atoms with Gasteiger partial charge in [0.1, 0.15) is 17.2 Å². The Bertz CT molecular complexity index is 1680. The fraction of sp³-hybridized carbons (Fsp3) is 0.472. The Morgan fingerprint density at radius 2 is 1.29 bits per heavy atom. The SMILES string of the molecule is C.CN(C)c1nn(Cc2ccc(F)cc2)c2c1CCN(C(=O)OC(C)(C)C)C2.CN(C)c1nn(Cc2ccc(F)cc2)c2c1CCNC2.Cl. The zero-order valence-corrected chi connectivity index (χ0v) is 29.7. The van der Waals surface area contributed by atoms with E-state index in [1.54, 1.807) is 17.0 Å². The van der Waals surface area contributed by atoms with Crippen LogP contribution < -0.4 is 15.1 Å². The number of benzene rings is 2. The van der Waals surface area contributed by atoms with Gasteiger partial charge in [-0.25, -0.2) is 13.6 Å². The number of amides is 1. The Morgan fingerprint density at radius 1 is 0.816 bits per heavy atom. The smallest absolute Gasteiger partial charge is 0.410 e. The fourth-order valence-electron chi connectivity index (χ4n) is 5.84. The molecule has 0 unspecified atom stereocenters. The van der Waals surface area contributed by atoms with E-state index in [-0.39, 0.29) is 37.6 Å². The molecular formula is C36H51ClF2N8O2. The van der Waals surface area contributed by atoms with Gasteiger partial charge >= 0.3 is 6.09 Å². The first-order valence-electron chi connectivity index (χ1n) is 16.0. The summed E-state index contributed by atoms with van der Waals surface area (Å²) in [6, 6.07) is 13.0. The number of carbonyl (C=O) groups is 1. The minimum Gasteiger partial charge on any atom is -0.444 e. The highest BCUT2D eigenvalue weighted by Gasteiger charge is 2.31. The van der Waals surface area contributed by atoms with E-state index in [1.165, 1.54) is 35.5 Å². The number of anilines is 2. The Balaban J connectivity index is 0.000000265. The lowest BCUT2D eigenvalue weighted by atomic mass is 10.1. The predicted octanol–water partition coefficient (Wildman–Crippen LogP) is 6.27. The Kier molecular flexibility index (Phi) is 13.2. The van der Waals surface area contributed by atoms with Crippen LogP contribution in [-0.4, -0.2) is 77.4 Å². The number of ether oxygens (including phenoxy) is 1. The topological polar surface area (TPSA) is 83.7 Å². The van der Waals surface area contributed by atoms with E-state index in [0.717, 1.165) is 60.0 Å². The second-order valence-electron chi connectivity index (χ2n) is 13.4. The minimum atomic E-state index is -0.527. The van der Waals surface area contributed by atoms with Crippen LogP contribution in [0.15, 0.2) is 48.5 Å². The summed E-state index contributed by atoms with van der Waals surface area (Å²) in [5.41, 5.74) is 6.22. The molecule has 4 aromatic rings. The van der Waals surface area contributed by atoms with Crippen molar-refractivity contribution < 1.29 is 18.3 Å². The highest BCUT2D eigenvalue weighted by Crippen LogP contribution is 2.29. The third-order valence-corrected chi connectivity index (χ3v) is 8.10. The highest BCUT2D eigenvalue weighted by atomic mass is 35.5. The Hall–Kier alpha value is -4.16. The van der Waals surface area contributed by atoms with Gasteiger partial charge in [0.2, 0.25) is 0 Å². The number of nitrogens with one attached hydrogen (secondary N) is 1. The van der Waals surface area contributed by atoms with Crippen molar-refractivity contribution in [3.05, 3.63) is 93.8 Å². The van der Waals surface area contributed by atoms with Gasteiger partial charge in [-0.1, -0.05) is 31.7 Å². The maximum atomic E-state index is 13.2. The van der Waals surface area contributed by atoms with E-state index >= 15 is 0 Å². The second-order valence-corrected chi connectivity index (χ2v) is 13.4. The maximum Gasteiger partial charge on any atom is 0.410 e. The summed E-state index contributed by atoms with van der Waals surface area (Å²) in [5.74, 6) is 1.50. The summed E-state index contributed by atoms with van der Waals surface area (Å²) < 4.78 is 35.6. The van der Waals surface area contributed by atoms with Crippen molar-refractivity contribution in [2.24, 2.45) is 0 Å². The molecule has 6 rings (SSSR count). The van der Waals surface area contributed by atoms with Gasteiger partial charge in [-0.05, 0) is 75.5 Å². The van der Waals surface area contributed by atoms with Crippen LogP contribution in [0.1, 0.15) is 61.8 Å². The van der Waals surface area contributed by atoms with Gasteiger partial charge in [-0.15, -0.1) is 12.4 Å². The van der Waals surface area contributed by atoms with Gasteiger partial charge in [0.15, 0.2) is 11.6 Å². The molecule has 268 valence electrons. The normalized spacial score (nSPS) is 13.5. The van der Waals surface area contributed by atoms with E-state index < -0.39 is 5.60 Å². The molecule has 0 saturated carbocycles. The van der Waals surface area contributed by atoms with Gasteiger partial charge in [0.05, 0.1) is 31.0 Å². The third-order valence-electron chi connectivity index (χ3n) is 8.10. The van der Waals surface area contributed by atoms with Crippen molar-refractivity contribution in [1.29, 1.82) is 0 Å². The van der Waals surface area contributed by atoms with Crippen molar-refractivity contribution in [3.63, 3.8) is 0 Å². The first-order valence-corrected chi connectivity index (χ1v) is 16.0. The van der Waals surface area contributed by atoms with Gasteiger partial charge in [-0.2, -0.15) is 10.2 Å². The summed E-state index contributed by atoms with van der Waals surface area (Å²) in [7, 11) is 7.97. The molecule has 0 spiro atoms. The standard InChI is InChI=1S/C20H27FN4O2.C15H19FN4.CH4.ClH/c1-20(2,3)27-19(26)24-11-10-16-17(13-24)25(22-18(16)23(4)5)12-14-6-8-15(21)9-7-14;1-19(2)15-13-7-8-17-9-14(13)20(18-15)10-11-3-5-12(16)6-4-11;;/h6-9H,10-13H2,1-5H3;3-6,17H,7-10H2,1-2H3;1H4;1H. The van der Waals surface area contributed by atoms with Crippen LogP contribution in [0.2, 0.25) is 0 Å². The van der Waals surface area contributed by atoms with Crippen LogP contribution in [0.25, 0.3) is 0 Å². The molecule has 1 amide bonds. The molecule has 2 aromatic heterocycles. The molecule has 0 fully saturated rings. The lowest BCUT2D eigenvalue weighted by Crippen LogP contribution is -2.40. The number of halogens is 3. The molecule has 1 N–H and O–H groups in total. The lowest BCUT2D eigenvalue weighted by molar-refractivity contribution is 0.0219. The number of hydrogen-bond acceptors (Lipinski definition) is 7. The van der Waals surface area contributed by atoms with Crippen LogP contribution >= 0.6 is 12.4 Å². The summed E-state index contributed by atoms with van der Waals surface area (Å²) in [6.45, 7) is 9.69. The second kappa shape index (κ2) is 16.5. The molecule has 4 heterocycles. The van der Waals surface area contributed by atoms with Crippen molar-refractivity contribution in [2.75, 3.05) is 51.1 Å². The quantitative estimate of drug-likeness (QED) is 0.254. The van der Waals surface area contributed by atoms with E-state index in [4.69, 9.17) is 14.9 Å². The molecular weight excluding hydrogens is 650 g/mol. The number of fused-ring (bicyclic) bond motifs is 2. The largest absolute Gasteiger partial charge is 0.444 e. The number of carbonyl (C=O) groups excluding carboxylic acids is 1. The summed E-state index contributed by atoms with van der Waals surface area (Å²) >= 11 is 0. The third kappa shape index (κ3) is 9.72. The monoisotopic (exact) mass is 700 g/mol. The number of hydrogen-bond donors (Lipinski definition) is 1. The van der Waals surface area contributed by atoms with Gasteiger partial charge in [0, 0.05) is 52.4 Å². The van der Waals surface area contributed by atoms with E-state index in [9.17, 15) is 13.6 Å². The minimum absolute atomic E-state index is 0. The maximum absolute atomic E-state index is 13.2. The zero-order chi connectivity index (χ0) is 33.9. The van der Waals surface area contributed by atoms with Gasteiger partial charge in [-0.3, -0.25) is 9.36 Å². The van der Waals surface area contributed by atoms with Crippen LogP contribution in [0.3, 0.4) is 0 Å². The first-order chi connectivity index (χ1) is 22.3. The van der Waals surface area contributed by atoms with E-state index in [2.05, 4.69) is 10.2 Å². The molecule has 13 heteroatoms. The van der Waals surface area contributed by atoms with Crippen LogP contribution in [0, 0.1) is 11.6 Å². The summed E-state index contributed by atoms with van der Waals surface area (Å²) in [6.07, 6.45) is 1.42. The summed E-state index contributed by atoms with van der Waals surface area (Å²) in [4.78, 5) is 18.3. The molecule has 2 aromatic carbocycles. The van der Waals surface area contributed by atoms with E-state index in [0.29, 0.717) is 26.2 Å². The Morgan fingerprint density at radius 3 is 1.76 bits per heavy atom. The molecule has 0 atom stereocenters. The lowest BCUT2D eigenvalue weighted by Gasteiger charge is -2.30. The van der Waals surface area contributed by atoms with Crippen LogP contribution in [0.4, 0.5) is 25.2 Å². The van der Waals surface area contributed by atoms with Gasteiger partial charge < -0.3 is 24.8 Å². The van der Waals surface area contributed by atoms with Crippen molar-refractivity contribution in [3.8, 4) is 0 Å². The Labute approximate surface area is 295 Å². The predicted molar refractivity (Wildman–Crippen MR) is 194 cm³/mol. The highest BCUT2D eigenvalue weighted by molar-refractivity contribution is 5.85. The molecule has 2 aliphatic heterocycles. The van der Waals surface area contributed by atoms with Gasteiger partial charge in [0.25, 0.3) is 0 Å². The number of rotatable bonds is 6. The van der Waals surface area contributed by atoms with Crippen molar-refractivity contribution >= 4 is 30.1 Å². The zero-order valence-electron chi connectivity index (χ0n) is 28.9. The van der Waals surface area contributed by atoms with Crippen molar-refractivity contribution in [2.45, 2.75) is 72.8 Å². The summed E-state index contributed by atoms with van der Waals surface area (Å²) in [5, 5.41) is 12.9. The molecule has 49 heavy (non-hydrogen) atoms. The number of nitrogens with zero attached hydrogens (tertiary/aromatic N) is 7. The van der Waals surface area contributed by atoms with Crippen LogP contribution in [-0.2, 0) is 43.8 Å². The molecule has 2 aliphatic rings. The number of aromatic nitrogens is 4. The molecule has 0 aliphatic carbocycles. The first kappa shape index (κ1) is 39.3. The molecule has 10 nitrogen and oxygen atoms in total. The molecule has 0 bridgehead atoms. The molecule has 0 saturated heterocycles. The van der Waals surface area contributed by atoms with Crippen molar-refractivity contribution in [1.82, 2.24) is 29.8 Å².